The molecule has 1 atom stereocenters. The van der Waals surface area contributed by atoms with Crippen LogP contribution >= 0.6 is 0 Å². The van der Waals surface area contributed by atoms with Crippen LogP contribution in [0, 0.1) is 11.7 Å². The molecule has 0 aliphatic carbocycles. The predicted octanol–water partition coefficient (Wildman–Crippen LogP) is 1.08. The Kier molecular flexibility index (Phi) is 4.34. The zero-order chi connectivity index (χ0) is 14.7. The number of hydrogen-bond acceptors (Lipinski definition) is 3. The molecule has 0 saturated carbocycles. The number of rotatable bonds is 3. The monoisotopic (exact) mass is 279 g/mol. The molecule has 1 aromatic rings. The van der Waals surface area contributed by atoms with Crippen molar-refractivity contribution >= 4 is 17.5 Å². The van der Waals surface area contributed by atoms with E-state index in [-0.39, 0.29) is 17.4 Å². The fourth-order valence-corrected chi connectivity index (χ4v) is 2.13. The minimum Gasteiger partial charge on any atom is -0.345 e. The molecule has 1 fully saturated rings. The number of anilines is 1. The molecule has 1 aliphatic rings. The topological polar surface area (TPSA) is 61.4 Å². The molecule has 2 amide bonds. The lowest BCUT2D eigenvalue weighted by Gasteiger charge is -2.14. The minimum atomic E-state index is -0.593. The van der Waals surface area contributed by atoms with Crippen molar-refractivity contribution < 1.29 is 14.0 Å². The van der Waals surface area contributed by atoms with Gasteiger partial charge in [0.05, 0.1) is 11.5 Å². The van der Waals surface area contributed by atoms with E-state index in [0.29, 0.717) is 12.2 Å². The molecular weight excluding hydrogens is 261 g/mol. The van der Waals surface area contributed by atoms with E-state index in [9.17, 15) is 14.0 Å². The molecule has 20 heavy (non-hydrogen) atoms. The Morgan fingerprint density at radius 2 is 2.15 bits per heavy atom. The third kappa shape index (κ3) is 3.14. The number of hydrogen-bond donors (Lipinski definition) is 2. The van der Waals surface area contributed by atoms with Crippen molar-refractivity contribution in [3.63, 3.8) is 0 Å². The van der Waals surface area contributed by atoms with E-state index in [1.807, 2.05) is 0 Å². The van der Waals surface area contributed by atoms with E-state index in [4.69, 9.17) is 0 Å². The zero-order valence-corrected chi connectivity index (χ0v) is 11.6. The first kappa shape index (κ1) is 14.5. The van der Waals surface area contributed by atoms with Gasteiger partial charge in [0.1, 0.15) is 5.82 Å². The quantitative estimate of drug-likeness (QED) is 0.870. The van der Waals surface area contributed by atoms with Crippen LogP contribution in [0.3, 0.4) is 0 Å². The Morgan fingerprint density at radius 3 is 2.75 bits per heavy atom. The summed E-state index contributed by atoms with van der Waals surface area (Å²) in [6.45, 7) is 1.47. The maximum atomic E-state index is 13.6. The summed E-state index contributed by atoms with van der Waals surface area (Å²) in [4.78, 5) is 25.1. The lowest BCUT2D eigenvalue weighted by Crippen LogP contribution is -2.25. The number of nitrogens with zero attached hydrogens (tertiary/aromatic N) is 1. The molecule has 1 saturated heterocycles. The van der Waals surface area contributed by atoms with Crippen molar-refractivity contribution in [1.82, 2.24) is 10.2 Å². The molecule has 1 aliphatic heterocycles. The number of amides is 2. The van der Waals surface area contributed by atoms with Crippen molar-refractivity contribution in [3.05, 3.63) is 29.6 Å². The van der Waals surface area contributed by atoms with Crippen LogP contribution in [0.2, 0.25) is 0 Å². The summed E-state index contributed by atoms with van der Waals surface area (Å²) < 4.78 is 13.6. The number of nitrogens with one attached hydrogen (secondary N) is 2. The number of carbonyl (C=O) groups excluding carboxylic acids is 2. The predicted molar refractivity (Wildman–Crippen MR) is 74.0 cm³/mol. The first-order valence-corrected chi connectivity index (χ1v) is 6.52. The van der Waals surface area contributed by atoms with E-state index in [1.165, 1.54) is 23.1 Å². The molecule has 2 rings (SSSR count). The molecule has 1 unspecified atom stereocenters. The Hall–Kier alpha value is -1.95. The Morgan fingerprint density at radius 1 is 1.40 bits per heavy atom. The van der Waals surface area contributed by atoms with E-state index in [1.54, 1.807) is 14.1 Å². The first-order valence-electron chi connectivity index (χ1n) is 6.52. The van der Waals surface area contributed by atoms with E-state index >= 15 is 0 Å². The van der Waals surface area contributed by atoms with Gasteiger partial charge in [0, 0.05) is 26.3 Å². The zero-order valence-electron chi connectivity index (χ0n) is 11.6. The van der Waals surface area contributed by atoms with Crippen LogP contribution in [0.5, 0.6) is 0 Å². The van der Waals surface area contributed by atoms with Crippen LogP contribution in [-0.4, -0.2) is 43.9 Å². The summed E-state index contributed by atoms with van der Waals surface area (Å²) in [5, 5.41) is 5.84. The Labute approximate surface area is 117 Å². The average Bonchev–Trinajstić information content (AvgIpc) is 2.94. The lowest BCUT2D eigenvalue weighted by molar-refractivity contribution is -0.119. The Bertz CT molecular complexity index is 525. The Balaban J connectivity index is 2.14. The molecule has 0 bridgehead atoms. The fraction of sp³-hybridized carbons (Fsp3) is 0.429. The van der Waals surface area contributed by atoms with Crippen LogP contribution in [0.1, 0.15) is 16.8 Å². The van der Waals surface area contributed by atoms with Crippen molar-refractivity contribution in [2.75, 3.05) is 32.5 Å². The smallest absolute Gasteiger partial charge is 0.256 e. The highest BCUT2D eigenvalue weighted by molar-refractivity contribution is 5.97. The molecule has 108 valence electrons. The fourth-order valence-electron chi connectivity index (χ4n) is 2.13. The maximum absolute atomic E-state index is 13.6. The minimum absolute atomic E-state index is 0.0441. The summed E-state index contributed by atoms with van der Waals surface area (Å²) >= 11 is 0. The summed E-state index contributed by atoms with van der Waals surface area (Å²) in [7, 11) is 3.11. The summed E-state index contributed by atoms with van der Waals surface area (Å²) in [6, 6.07) is 4.03. The average molecular weight is 279 g/mol. The van der Waals surface area contributed by atoms with Crippen LogP contribution in [0.25, 0.3) is 0 Å². The summed E-state index contributed by atoms with van der Waals surface area (Å²) in [5.74, 6) is -1.21. The van der Waals surface area contributed by atoms with Crippen molar-refractivity contribution in [2.24, 2.45) is 5.92 Å². The first-order chi connectivity index (χ1) is 9.49. The van der Waals surface area contributed by atoms with Crippen molar-refractivity contribution in [3.8, 4) is 0 Å². The molecule has 1 aromatic carbocycles. The summed E-state index contributed by atoms with van der Waals surface area (Å²) in [6.07, 6.45) is 0.788. The van der Waals surface area contributed by atoms with Crippen LogP contribution in [-0.2, 0) is 4.79 Å². The van der Waals surface area contributed by atoms with Gasteiger partial charge >= 0.3 is 0 Å². The second-order valence-corrected chi connectivity index (χ2v) is 5.07. The van der Waals surface area contributed by atoms with Gasteiger partial charge in [-0.25, -0.2) is 4.39 Å². The van der Waals surface area contributed by atoms with Gasteiger partial charge in [-0.1, -0.05) is 0 Å². The van der Waals surface area contributed by atoms with Gasteiger partial charge in [0.25, 0.3) is 5.91 Å². The number of halogens is 1. The van der Waals surface area contributed by atoms with Gasteiger partial charge in [0.2, 0.25) is 5.91 Å². The van der Waals surface area contributed by atoms with Gasteiger partial charge in [0.15, 0.2) is 0 Å². The lowest BCUT2D eigenvalue weighted by atomic mass is 10.1. The standard InChI is InChI=1S/C14H18FN3O2/c1-18(2)14(20)11-7-10(3-4-12(11)15)17-13(19)9-5-6-16-8-9/h3-4,7,9,16H,5-6,8H2,1-2H3,(H,17,19). The highest BCUT2D eigenvalue weighted by Crippen LogP contribution is 2.18. The second kappa shape index (κ2) is 6.00. The summed E-state index contributed by atoms with van der Waals surface area (Å²) in [5.41, 5.74) is 0.394. The van der Waals surface area contributed by atoms with Gasteiger partial charge in [-0.15, -0.1) is 0 Å². The molecule has 0 radical (unpaired) electrons. The van der Waals surface area contributed by atoms with Gasteiger partial charge in [-0.2, -0.15) is 0 Å². The highest BCUT2D eigenvalue weighted by Gasteiger charge is 2.23. The number of carbonyl (C=O) groups is 2. The molecule has 0 aromatic heterocycles. The van der Waals surface area contributed by atoms with E-state index < -0.39 is 11.7 Å². The van der Waals surface area contributed by atoms with Gasteiger partial charge < -0.3 is 15.5 Å². The van der Waals surface area contributed by atoms with Gasteiger partial charge in [-0.3, -0.25) is 9.59 Å². The highest BCUT2D eigenvalue weighted by atomic mass is 19.1. The third-order valence-corrected chi connectivity index (χ3v) is 3.30. The van der Waals surface area contributed by atoms with Gasteiger partial charge in [-0.05, 0) is 31.2 Å². The third-order valence-electron chi connectivity index (χ3n) is 3.30. The van der Waals surface area contributed by atoms with Crippen LogP contribution in [0.15, 0.2) is 18.2 Å². The second-order valence-electron chi connectivity index (χ2n) is 5.07. The number of benzene rings is 1. The molecule has 5 nitrogen and oxygen atoms in total. The maximum Gasteiger partial charge on any atom is 0.256 e. The van der Waals surface area contributed by atoms with E-state index in [0.717, 1.165) is 13.0 Å². The van der Waals surface area contributed by atoms with E-state index in [2.05, 4.69) is 10.6 Å². The largest absolute Gasteiger partial charge is 0.345 e. The van der Waals surface area contributed by atoms with Crippen LogP contribution in [0.4, 0.5) is 10.1 Å². The SMILES string of the molecule is CN(C)C(=O)c1cc(NC(=O)C2CCNC2)ccc1F. The molecule has 1 heterocycles. The molecule has 2 N–H and O–H groups in total. The van der Waals surface area contributed by atoms with Crippen molar-refractivity contribution in [1.29, 1.82) is 0 Å². The molecular formula is C14H18FN3O2. The van der Waals surface area contributed by atoms with Crippen molar-refractivity contribution in [2.45, 2.75) is 6.42 Å². The molecule has 0 spiro atoms. The molecule has 6 heteroatoms. The normalized spacial score (nSPS) is 17.9. The van der Waals surface area contributed by atoms with Crippen LogP contribution < -0.4 is 10.6 Å².